The van der Waals surface area contributed by atoms with Crippen molar-refractivity contribution in [3.8, 4) is 0 Å². The fourth-order valence-corrected chi connectivity index (χ4v) is 2.27. The molecule has 1 fully saturated rings. The first kappa shape index (κ1) is 11.0. The van der Waals surface area contributed by atoms with Gasteiger partial charge in [0.25, 0.3) is 0 Å². The van der Waals surface area contributed by atoms with Crippen LogP contribution in [0.3, 0.4) is 0 Å². The van der Waals surface area contributed by atoms with Crippen LogP contribution in [0.4, 0.5) is 0 Å². The third-order valence-corrected chi connectivity index (χ3v) is 3.34. The van der Waals surface area contributed by atoms with Crippen molar-refractivity contribution in [2.75, 3.05) is 19.8 Å². The number of ether oxygens (including phenoxy) is 2. The average molecular weight is 272 g/mol. The van der Waals surface area contributed by atoms with Crippen LogP contribution in [0.25, 0.3) is 0 Å². The zero-order chi connectivity index (χ0) is 10.5. The molecule has 2 rings (SSSR count). The quantitative estimate of drug-likeness (QED) is 0.786. The van der Waals surface area contributed by atoms with Crippen LogP contribution in [0.2, 0.25) is 0 Å². The van der Waals surface area contributed by atoms with Gasteiger partial charge in [0, 0.05) is 17.2 Å². The summed E-state index contributed by atoms with van der Waals surface area (Å²) in [7, 11) is 0. The first-order chi connectivity index (χ1) is 7.36. The highest BCUT2D eigenvalue weighted by atomic mass is 79.9. The van der Waals surface area contributed by atoms with E-state index in [-0.39, 0.29) is 6.10 Å². The lowest BCUT2D eigenvalue weighted by Gasteiger charge is -2.27. The zero-order valence-corrected chi connectivity index (χ0v) is 10.0. The molecule has 2 unspecified atom stereocenters. The van der Waals surface area contributed by atoms with Gasteiger partial charge in [0.15, 0.2) is 0 Å². The van der Waals surface area contributed by atoms with Crippen LogP contribution in [-0.2, 0) is 15.9 Å². The van der Waals surface area contributed by atoms with E-state index in [9.17, 15) is 0 Å². The van der Waals surface area contributed by atoms with Gasteiger partial charge >= 0.3 is 0 Å². The predicted molar refractivity (Wildman–Crippen MR) is 61.2 cm³/mol. The minimum atomic E-state index is 0.159. The third-order valence-electron chi connectivity index (χ3n) is 2.43. The second kappa shape index (κ2) is 5.58. The Balaban J connectivity index is 1.88. The van der Waals surface area contributed by atoms with E-state index in [4.69, 9.17) is 9.47 Å². The Morgan fingerprint density at radius 2 is 2.20 bits per heavy atom. The van der Waals surface area contributed by atoms with Crippen molar-refractivity contribution in [2.24, 2.45) is 0 Å². The summed E-state index contributed by atoms with van der Waals surface area (Å²) in [6.45, 7) is 2.09. The van der Waals surface area contributed by atoms with Gasteiger partial charge in [0.1, 0.15) is 0 Å². The minimum absolute atomic E-state index is 0.159. The van der Waals surface area contributed by atoms with E-state index >= 15 is 0 Å². The summed E-state index contributed by atoms with van der Waals surface area (Å²) >= 11 is 3.65. The lowest BCUT2D eigenvalue weighted by molar-refractivity contribution is -0.0871. The van der Waals surface area contributed by atoms with Crippen LogP contribution in [-0.4, -0.2) is 35.7 Å². The first-order valence-corrected chi connectivity index (χ1v) is 6.00. The molecule has 2 heterocycles. The van der Waals surface area contributed by atoms with E-state index < -0.39 is 0 Å². The molecule has 0 bridgehead atoms. The summed E-state index contributed by atoms with van der Waals surface area (Å²) in [6.07, 6.45) is 4.73. The van der Waals surface area contributed by atoms with Gasteiger partial charge in [-0.15, -0.1) is 0 Å². The molecule has 82 valence electrons. The van der Waals surface area contributed by atoms with E-state index in [1.165, 1.54) is 5.56 Å². The Morgan fingerprint density at radius 1 is 1.40 bits per heavy atom. The summed E-state index contributed by atoms with van der Waals surface area (Å²) in [5.41, 5.74) is 1.26. The number of rotatable bonds is 3. The number of aromatic nitrogens is 1. The fourth-order valence-electron chi connectivity index (χ4n) is 1.59. The lowest BCUT2D eigenvalue weighted by Crippen LogP contribution is -2.36. The van der Waals surface area contributed by atoms with Gasteiger partial charge in [-0.25, -0.2) is 0 Å². The number of alkyl halides is 1. The highest BCUT2D eigenvalue weighted by Gasteiger charge is 2.22. The van der Waals surface area contributed by atoms with Crippen molar-refractivity contribution in [3.05, 3.63) is 30.1 Å². The Labute approximate surface area is 97.9 Å². The summed E-state index contributed by atoms with van der Waals surface area (Å²) in [5.74, 6) is 0. The van der Waals surface area contributed by atoms with Gasteiger partial charge < -0.3 is 9.47 Å². The van der Waals surface area contributed by atoms with Crippen LogP contribution < -0.4 is 0 Å². The van der Waals surface area contributed by atoms with Gasteiger partial charge in [-0.3, -0.25) is 4.98 Å². The monoisotopic (exact) mass is 271 g/mol. The normalized spacial score (nSPS) is 23.7. The molecule has 2 atom stereocenters. The molecule has 0 N–H and O–H groups in total. The lowest BCUT2D eigenvalue weighted by atomic mass is 10.1. The van der Waals surface area contributed by atoms with Gasteiger partial charge in [-0.05, 0) is 24.1 Å². The van der Waals surface area contributed by atoms with Crippen LogP contribution >= 0.6 is 15.9 Å². The molecule has 0 spiro atoms. The average Bonchev–Trinajstić information content (AvgIpc) is 2.31. The largest absolute Gasteiger partial charge is 0.376 e. The van der Waals surface area contributed by atoms with Crippen molar-refractivity contribution in [3.63, 3.8) is 0 Å². The highest BCUT2D eigenvalue weighted by molar-refractivity contribution is 9.09. The van der Waals surface area contributed by atoms with Crippen molar-refractivity contribution in [1.82, 2.24) is 4.98 Å². The first-order valence-electron chi connectivity index (χ1n) is 5.08. The van der Waals surface area contributed by atoms with E-state index in [0.29, 0.717) is 24.6 Å². The summed E-state index contributed by atoms with van der Waals surface area (Å²) in [5, 5.41) is 0. The van der Waals surface area contributed by atoms with Crippen LogP contribution in [0.5, 0.6) is 0 Å². The van der Waals surface area contributed by atoms with E-state index in [2.05, 4.69) is 20.9 Å². The minimum Gasteiger partial charge on any atom is -0.376 e. The van der Waals surface area contributed by atoms with Gasteiger partial charge in [-0.1, -0.05) is 15.9 Å². The second-order valence-electron chi connectivity index (χ2n) is 3.56. The highest BCUT2D eigenvalue weighted by Crippen LogP contribution is 2.18. The second-order valence-corrected chi connectivity index (χ2v) is 4.74. The molecular formula is C11H14BrNO2. The third kappa shape index (κ3) is 3.26. The van der Waals surface area contributed by atoms with Crippen molar-refractivity contribution in [2.45, 2.75) is 17.4 Å². The van der Waals surface area contributed by atoms with E-state index in [1.807, 2.05) is 24.5 Å². The molecule has 3 nitrogen and oxygen atoms in total. The van der Waals surface area contributed by atoms with Gasteiger partial charge in [-0.2, -0.15) is 0 Å². The summed E-state index contributed by atoms with van der Waals surface area (Å²) in [4.78, 5) is 4.30. The number of nitrogens with zero attached hydrogens (tertiary/aromatic N) is 1. The predicted octanol–water partition coefficient (Wildman–Crippen LogP) is 1.80. The van der Waals surface area contributed by atoms with Gasteiger partial charge in [0.2, 0.25) is 0 Å². The topological polar surface area (TPSA) is 31.4 Å². The number of hydrogen-bond donors (Lipinski definition) is 0. The molecule has 4 heteroatoms. The maximum Gasteiger partial charge on any atom is 0.0937 e. The molecular weight excluding hydrogens is 258 g/mol. The molecule has 0 aliphatic carbocycles. The molecule has 0 radical (unpaired) electrons. The summed E-state index contributed by atoms with van der Waals surface area (Å²) < 4.78 is 11.0. The molecule has 0 aromatic carbocycles. The Morgan fingerprint density at radius 3 is 2.87 bits per heavy atom. The van der Waals surface area contributed by atoms with Crippen molar-refractivity contribution in [1.29, 1.82) is 0 Å². The number of halogens is 1. The standard InChI is InChI=1S/C11H14BrNO2/c12-10(11-8-14-5-6-15-11)7-9-1-3-13-4-2-9/h1-4,10-11H,5-8H2. The molecule has 1 aromatic rings. The SMILES string of the molecule is BrC(Cc1ccncc1)C1COCCO1. The Kier molecular flexibility index (Phi) is 4.11. The van der Waals surface area contributed by atoms with Crippen LogP contribution in [0.15, 0.2) is 24.5 Å². The smallest absolute Gasteiger partial charge is 0.0937 e. The molecule has 1 saturated heterocycles. The molecule has 0 saturated carbocycles. The zero-order valence-electron chi connectivity index (χ0n) is 8.43. The van der Waals surface area contributed by atoms with Crippen molar-refractivity contribution < 1.29 is 9.47 Å². The maximum absolute atomic E-state index is 5.62. The molecule has 1 aliphatic rings. The van der Waals surface area contributed by atoms with Crippen molar-refractivity contribution >= 4 is 15.9 Å². The van der Waals surface area contributed by atoms with E-state index in [1.54, 1.807) is 0 Å². The fraction of sp³-hybridized carbons (Fsp3) is 0.545. The summed E-state index contributed by atoms with van der Waals surface area (Å²) in [6, 6.07) is 4.05. The molecule has 1 aliphatic heterocycles. The van der Waals surface area contributed by atoms with Gasteiger partial charge in [0.05, 0.1) is 25.9 Å². The Bertz CT molecular complexity index is 288. The number of hydrogen-bond acceptors (Lipinski definition) is 3. The molecule has 15 heavy (non-hydrogen) atoms. The maximum atomic E-state index is 5.62. The van der Waals surface area contributed by atoms with E-state index in [0.717, 1.165) is 6.42 Å². The van der Waals surface area contributed by atoms with Crippen LogP contribution in [0.1, 0.15) is 5.56 Å². The Hall–Kier alpha value is -0.450. The molecule has 0 amide bonds. The van der Waals surface area contributed by atoms with Crippen LogP contribution in [0, 0.1) is 0 Å². The number of pyridine rings is 1. The molecule has 1 aromatic heterocycles.